The van der Waals surface area contributed by atoms with Crippen LogP contribution in [0.25, 0.3) is 0 Å². The summed E-state index contributed by atoms with van der Waals surface area (Å²) in [6, 6.07) is 3.80. The van der Waals surface area contributed by atoms with Gasteiger partial charge in [-0.05, 0) is 38.3 Å². The van der Waals surface area contributed by atoms with E-state index in [9.17, 15) is 0 Å². The smallest absolute Gasteiger partial charge is 0.147 e. The van der Waals surface area contributed by atoms with E-state index in [1.165, 1.54) is 0 Å². The summed E-state index contributed by atoms with van der Waals surface area (Å²) in [5.41, 5.74) is 6.96. The predicted octanol–water partition coefficient (Wildman–Crippen LogP) is 2.09. The molecule has 1 aliphatic heterocycles. The molecule has 5 heteroatoms. The van der Waals surface area contributed by atoms with E-state index in [1.54, 1.807) is 6.07 Å². The average Bonchev–Trinajstić information content (AvgIpc) is 2.41. The summed E-state index contributed by atoms with van der Waals surface area (Å²) in [4.78, 5) is 6.64. The van der Waals surface area contributed by atoms with E-state index in [-0.39, 0.29) is 0 Å². The minimum absolute atomic E-state index is 0.542. The number of anilines is 1. The number of hydrogen-bond donors (Lipinski definition) is 1. The average molecular weight is 265 g/mol. The summed E-state index contributed by atoms with van der Waals surface area (Å²) < 4.78 is 0. The zero-order valence-electron chi connectivity index (χ0n) is 10.5. The van der Waals surface area contributed by atoms with Gasteiger partial charge in [-0.3, -0.25) is 0 Å². The molecule has 0 amide bonds. The highest BCUT2D eigenvalue weighted by atomic mass is 35.5. The topological polar surface area (TPSA) is 65.9 Å². The fraction of sp³-hybridized carbons (Fsp3) is 0.538. The van der Waals surface area contributed by atoms with E-state index in [1.807, 2.05) is 6.92 Å². The number of aryl methyl sites for hydroxylation is 1. The second-order valence-corrected chi connectivity index (χ2v) is 5.11. The maximum Gasteiger partial charge on any atom is 0.147 e. The Morgan fingerprint density at radius 3 is 2.78 bits per heavy atom. The van der Waals surface area contributed by atoms with E-state index in [4.69, 9.17) is 22.6 Å². The number of piperidine rings is 1. The Hall–Kier alpha value is -1.31. The first-order chi connectivity index (χ1) is 8.65. The van der Waals surface area contributed by atoms with Crippen LogP contribution in [0.15, 0.2) is 6.07 Å². The van der Waals surface area contributed by atoms with Gasteiger partial charge in [0.15, 0.2) is 0 Å². The Bertz CT molecular complexity index is 473. The lowest BCUT2D eigenvalue weighted by atomic mass is 9.97. The van der Waals surface area contributed by atoms with Crippen LogP contribution in [0.4, 0.5) is 5.82 Å². The van der Waals surface area contributed by atoms with Gasteiger partial charge in [-0.1, -0.05) is 11.6 Å². The summed E-state index contributed by atoms with van der Waals surface area (Å²) in [5.74, 6) is 1.41. The van der Waals surface area contributed by atoms with Crippen molar-refractivity contribution in [2.24, 2.45) is 11.7 Å². The van der Waals surface area contributed by atoms with Crippen molar-refractivity contribution in [3.05, 3.63) is 22.3 Å². The monoisotopic (exact) mass is 264 g/mol. The zero-order valence-corrected chi connectivity index (χ0v) is 11.2. The molecule has 0 aromatic carbocycles. The van der Waals surface area contributed by atoms with Gasteiger partial charge in [0.05, 0.1) is 16.3 Å². The Morgan fingerprint density at radius 1 is 1.56 bits per heavy atom. The number of hydrogen-bond acceptors (Lipinski definition) is 4. The molecule has 2 N–H and O–H groups in total. The third kappa shape index (κ3) is 2.58. The van der Waals surface area contributed by atoms with Gasteiger partial charge in [-0.2, -0.15) is 5.26 Å². The Balaban J connectivity index is 2.20. The van der Waals surface area contributed by atoms with Gasteiger partial charge in [-0.15, -0.1) is 0 Å². The van der Waals surface area contributed by atoms with Gasteiger partial charge in [0, 0.05) is 13.1 Å². The van der Waals surface area contributed by atoms with Crippen molar-refractivity contribution in [1.82, 2.24) is 4.98 Å². The molecule has 0 aliphatic carbocycles. The zero-order chi connectivity index (χ0) is 13.1. The van der Waals surface area contributed by atoms with Crippen LogP contribution in [0.5, 0.6) is 0 Å². The fourth-order valence-corrected chi connectivity index (χ4v) is 2.55. The van der Waals surface area contributed by atoms with E-state index in [0.29, 0.717) is 16.5 Å². The highest BCUT2D eigenvalue weighted by Crippen LogP contribution is 2.29. The van der Waals surface area contributed by atoms with Crippen molar-refractivity contribution < 1.29 is 0 Å². The first kappa shape index (κ1) is 13.1. The number of nitriles is 1. The minimum Gasteiger partial charge on any atom is -0.355 e. The van der Waals surface area contributed by atoms with E-state index < -0.39 is 0 Å². The van der Waals surface area contributed by atoms with Crippen LogP contribution < -0.4 is 10.6 Å². The summed E-state index contributed by atoms with van der Waals surface area (Å²) in [6.07, 6.45) is 2.15. The van der Waals surface area contributed by atoms with Crippen molar-refractivity contribution in [2.45, 2.75) is 19.8 Å². The maximum atomic E-state index is 8.93. The van der Waals surface area contributed by atoms with Gasteiger partial charge < -0.3 is 10.6 Å². The second kappa shape index (κ2) is 5.55. The number of rotatable bonds is 2. The van der Waals surface area contributed by atoms with Crippen LogP contribution in [0.2, 0.25) is 5.02 Å². The van der Waals surface area contributed by atoms with Crippen LogP contribution in [0.1, 0.15) is 24.1 Å². The van der Waals surface area contributed by atoms with Crippen LogP contribution in [0.3, 0.4) is 0 Å². The molecule has 1 aromatic heterocycles. The highest BCUT2D eigenvalue weighted by molar-refractivity contribution is 6.33. The molecule has 0 atom stereocenters. The first-order valence-corrected chi connectivity index (χ1v) is 6.55. The van der Waals surface area contributed by atoms with Crippen molar-refractivity contribution in [2.75, 3.05) is 24.5 Å². The van der Waals surface area contributed by atoms with Gasteiger partial charge in [-0.25, -0.2) is 4.98 Å². The number of pyridine rings is 1. The lowest BCUT2D eigenvalue weighted by Crippen LogP contribution is -2.36. The number of nitrogens with two attached hydrogens (primary N) is 1. The lowest BCUT2D eigenvalue weighted by Gasteiger charge is -2.32. The number of aromatic nitrogens is 1. The second-order valence-electron chi connectivity index (χ2n) is 4.70. The molecule has 1 fully saturated rings. The molecule has 0 bridgehead atoms. The number of nitrogens with zero attached hydrogens (tertiary/aromatic N) is 3. The molecule has 96 valence electrons. The molecular formula is C13H17ClN4. The highest BCUT2D eigenvalue weighted by Gasteiger charge is 2.21. The van der Waals surface area contributed by atoms with E-state index >= 15 is 0 Å². The summed E-state index contributed by atoms with van der Waals surface area (Å²) in [5, 5.41) is 9.49. The summed E-state index contributed by atoms with van der Waals surface area (Å²) >= 11 is 6.20. The van der Waals surface area contributed by atoms with Crippen LogP contribution in [-0.4, -0.2) is 24.6 Å². The molecule has 1 aliphatic rings. The summed E-state index contributed by atoms with van der Waals surface area (Å²) in [6.45, 7) is 4.45. The lowest BCUT2D eigenvalue weighted by molar-refractivity contribution is 0.413. The van der Waals surface area contributed by atoms with Gasteiger partial charge >= 0.3 is 0 Å². The molecule has 2 heterocycles. The normalized spacial score (nSPS) is 16.7. The van der Waals surface area contributed by atoms with E-state index in [2.05, 4.69) is 16.0 Å². The Kier molecular flexibility index (Phi) is 4.05. The molecule has 2 rings (SSSR count). The predicted molar refractivity (Wildman–Crippen MR) is 72.7 cm³/mol. The Morgan fingerprint density at radius 2 is 2.22 bits per heavy atom. The SMILES string of the molecule is Cc1nc(N2CCC(CN)CC2)c(Cl)cc1C#N. The Labute approximate surface area is 112 Å². The van der Waals surface area contributed by atoms with Gasteiger partial charge in [0.25, 0.3) is 0 Å². The number of halogens is 1. The molecule has 18 heavy (non-hydrogen) atoms. The maximum absolute atomic E-state index is 8.93. The summed E-state index contributed by atoms with van der Waals surface area (Å²) in [7, 11) is 0. The third-order valence-corrected chi connectivity index (χ3v) is 3.79. The molecule has 1 saturated heterocycles. The third-order valence-electron chi connectivity index (χ3n) is 3.52. The van der Waals surface area contributed by atoms with Crippen molar-refractivity contribution in [3.8, 4) is 6.07 Å². The van der Waals surface area contributed by atoms with Crippen molar-refractivity contribution in [1.29, 1.82) is 5.26 Å². The molecule has 0 spiro atoms. The van der Waals surface area contributed by atoms with Crippen LogP contribution >= 0.6 is 11.6 Å². The van der Waals surface area contributed by atoms with E-state index in [0.717, 1.165) is 44.0 Å². The van der Waals surface area contributed by atoms with Crippen molar-refractivity contribution >= 4 is 17.4 Å². The first-order valence-electron chi connectivity index (χ1n) is 6.18. The van der Waals surface area contributed by atoms with Crippen LogP contribution in [0, 0.1) is 24.2 Å². The molecule has 0 radical (unpaired) electrons. The van der Waals surface area contributed by atoms with Crippen molar-refractivity contribution in [3.63, 3.8) is 0 Å². The fourth-order valence-electron chi connectivity index (χ4n) is 2.28. The molecular weight excluding hydrogens is 248 g/mol. The van der Waals surface area contributed by atoms with Gasteiger partial charge in [0.2, 0.25) is 0 Å². The van der Waals surface area contributed by atoms with Gasteiger partial charge in [0.1, 0.15) is 11.9 Å². The molecule has 0 unspecified atom stereocenters. The standard InChI is InChI=1S/C13H17ClN4/c1-9-11(8-16)6-12(14)13(17-9)18-4-2-10(7-15)3-5-18/h6,10H,2-5,7,15H2,1H3. The van der Waals surface area contributed by atoms with Crippen LogP contribution in [-0.2, 0) is 0 Å². The molecule has 4 nitrogen and oxygen atoms in total. The largest absolute Gasteiger partial charge is 0.355 e. The minimum atomic E-state index is 0.542. The quantitative estimate of drug-likeness (QED) is 0.888. The molecule has 0 saturated carbocycles. The molecule has 1 aromatic rings.